The maximum absolute atomic E-state index is 10.2. The molecule has 0 saturated carbocycles. The van der Waals surface area contributed by atoms with Gasteiger partial charge < -0.3 is 19.0 Å². The summed E-state index contributed by atoms with van der Waals surface area (Å²) >= 11 is 0. The predicted molar refractivity (Wildman–Crippen MR) is 99.6 cm³/mol. The summed E-state index contributed by atoms with van der Waals surface area (Å²) in [5.74, 6) is 0.962. The Bertz CT molecular complexity index is 1060. The van der Waals surface area contributed by atoms with Gasteiger partial charge in [-0.05, 0) is 48.6 Å². The van der Waals surface area contributed by atoms with Gasteiger partial charge in [-0.2, -0.15) is 0 Å². The fourth-order valence-electron chi connectivity index (χ4n) is 3.41. The zero-order valence-electron chi connectivity index (χ0n) is 14.5. The molecule has 2 N–H and O–H groups in total. The minimum atomic E-state index is 0.286. The van der Waals surface area contributed by atoms with E-state index in [9.17, 15) is 10.2 Å². The van der Waals surface area contributed by atoms with Crippen LogP contribution in [0.15, 0.2) is 55.1 Å². The SMILES string of the molecule is CC(C)c1cc2cc(CCc3cn4cccc4cc3O)cn2cc1O. The monoisotopic (exact) mass is 334 g/mol. The van der Waals surface area contributed by atoms with Gasteiger partial charge in [-0.1, -0.05) is 13.8 Å². The molecule has 0 saturated heterocycles. The molecule has 4 heterocycles. The Balaban J connectivity index is 1.60. The number of aryl methyl sites for hydroxylation is 2. The zero-order valence-corrected chi connectivity index (χ0v) is 14.5. The molecule has 0 spiro atoms. The highest BCUT2D eigenvalue weighted by atomic mass is 16.3. The van der Waals surface area contributed by atoms with E-state index in [2.05, 4.69) is 19.9 Å². The third kappa shape index (κ3) is 2.84. The van der Waals surface area contributed by atoms with Crippen LogP contribution in [0.3, 0.4) is 0 Å². The summed E-state index contributed by atoms with van der Waals surface area (Å²) in [4.78, 5) is 0. The summed E-state index contributed by atoms with van der Waals surface area (Å²) in [6.45, 7) is 4.16. The first-order valence-electron chi connectivity index (χ1n) is 8.63. The van der Waals surface area contributed by atoms with E-state index in [4.69, 9.17) is 0 Å². The van der Waals surface area contributed by atoms with Gasteiger partial charge in [0.25, 0.3) is 0 Å². The number of pyridine rings is 2. The molecule has 4 aromatic heterocycles. The largest absolute Gasteiger partial charge is 0.508 e. The van der Waals surface area contributed by atoms with Crippen LogP contribution in [0.5, 0.6) is 11.5 Å². The topological polar surface area (TPSA) is 49.3 Å². The standard InChI is InChI=1S/C21H22N2O2/c1-14(2)19-9-18-8-15(11-23(18)13-21(19)25)5-6-16-12-22-7-3-4-17(22)10-20(16)24/h3-4,7-14,24-25H,5-6H2,1-2H3. The predicted octanol–water partition coefficient (Wildman–Crippen LogP) is 4.51. The Morgan fingerprint density at radius 1 is 0.880 bits per heavy atom. The van der Waals surface area contributed by atoms with Gasteiger partial charge in [-0.25, -0.2) is 0 Å². The van der Waals surface area contributed by atoms with Crippen molar-refractivity contribution in [3.8, 4) is 11.5 Å². The molecule has 4 aromatic rings. The van der Waals surface area contributed by atoms with E-state index in [0.29, 0.717) is 11.5 Å². The number of aromatic nitrogens is 2. The first-order valence-corrected chi connectivity index (χ1v) is 8.63. The van der Waals surface area contributed by atoms with Gasteiger partial charge in [0, 0.05) is 46.8 Å². The fourth-order valence-corrected chi connectivity index (χ4v) is 3.41. The van der Waals surface area contributed by atoms with E-state index < -0.39 is 0 Å². The van der Waals surface area contributed by atoms with Crippen molar-refractivity contribution in [1.29, 1.82) is 0 Å². The molecule has 0 unspecified atom stereocenters. The van der Waals surface area contributed by atoms with Crippen LogP contribution in [0.25, 0.3) is 11.0 Å². The molecule has 0 aliphatic heterocycles. The third-order valence-electron chi connectivity index (χ3n) is 4.82. The second-order valence-corrected chi connectivity index (χ2v) is 6.97. The highest BCUT2D eigenvalue weighted by Crippen LogP contribution is 2.28. The Kier molecular flexibility index (Phi) is 3.68. The second kappa shape index (κ2) is 5.88. The molecule has 0 fully saturated rings. The molecule has 128 valence electrons. The maximum atomic E-state index is 10.2. The quantitative estimate of drug-likeness (QED) is 0.577. The lowest BCUT2D eigenvalue weighted by atomic mass is 10.0. The average molecular weight is 334 g/mol. The normalized spacial score (nSPS) is 11.8. The van der Waals surface area contributed by atoms with Crippen LogP contribution < -0.4 is 0 Å². The van der Waals surface area contributed by atoms with Crippen LogP contribution in [-0.2, 0) is 12.8 Å². The lowest BCUT2D eigenvalue weighted by molar-refractivity contribution is 0.461. The van der Waals surface area contributed by atoms with Gasteiger partial charge in [0.05, 0.1) is 6.20 Å². The number of nitrogens with zero attached hydrogens (tertiary/aromatic N) is 2. The van der Waals surface area contributed by atoms with E-state index in [0.717, 1.165) is 35.0 Å². The second-order valence-electron chi connectivity index (χ2n) is 6.97. The number of fused-ring (bicyclic) bond motifs is 2. The van der Waals surface area contributed by atoms with Gasteiger partial charge in [0.1, 0.15) is 11.5 Å². The molecule has 0 bridgehead atoms. The van der Waals surface area contributed by atoms with Crippen LogP contribution in [-0.4, -0.2) is 19.0 Å². The van der Waals surface area contributed by atoms with E-state index in [1.54, 1.807) is 12.3 Å². The van der Waals surface area contributed by atoms with E-state index >= 15 is 0 Å². The Morgan fingerprint density at radius 2 is 1.72 bits per heavy atom. The molecule has 0 aliphatic rings. The zero-order chi connectivity index (χ0) is 17.6. The summed E-state index contributed by atoms with van der Waals surface area (Å²) in [7, 11) is 0. The molecule has 4 rings (SSSR count). The van der Waals surface area contributed by atoms with E-state index in [-0.39, 0.29) is 5.92 Å². The van der Waals surface area contributed by atoms with Crippen molar-refractivity contribution in [1.82, 2.24) is 8.80 Å². The summed E-state index contributed by atoms with van der Waals surface area (Å²) in [6, 6.07) is 9.95. The van der Waals surface area contributed by atoms with Crippen molar-refractivity contribution >= 4 is 11.0 Å². The first-order chi connectivity index (χ1) is 12.0. The molecule has 0 aliphatic carbocycles. The van der Waals surface area contributed by atoms with Crippen LogP contribution in [0, 0.1) is 0 Å². The smallest absolute Gasteiger partial charge is 0.135 e. The molecule has 0 radical (unpaired) electrons. The summed E-state index contributed by atoms with van der Waals surface area (Å²) in [5, 5.41) is 20.4. The molecule has 0 atom stereocenters. The minimum absolute atomic E-state index is 0.286. The van der Waals surface area contributed by atoms with E-state index in [1.807, 2.05) is 45.6 Å². The molecule has 25 heavy (non-hydrogen) atoms. The highest BCUT2D eigenvalue weighted by Gasteiger charge is 2.10. The third-order valence-corrected chi connectivity index (χ3v) is 4.82. The van der Waals surface area contributed by atoms with Gasteiger partial charge in [0.2, 0.25) is 0 Å². The van der Waals surface area contributed by atoms with Crippen molar-refractivity contribution in [2.24, 2.45) is 0 Å². The van der Waals surface area contributed by atoms with Crippen molar-refractivity contribution in [3.05, 3.63) is 71.8 Å². The molecule has 0 amide bonds. The molecular weight excluding hydrogens is 312 g/mol. The average Bonchev–Trinajstić information content (AvgIpc) is 3.16. The summed E-state index contributed by atoms with van der Waals surface area (Å²) in [6.07, 6.45) is 9.39. The summed E-state index contributed by atoms with van der Waals surface area (Å²) in [5.41, 5.74) is 5.17. The van der Waals surface area contributed by atoms with Gasteiger partial charge in [-0.3, -0.25) is 0 Å². The molecular formula is C21H22N2O2. The molecule has 4 heteroatoms. The van der Waals surface area contributed by atoms with Crippen molar-refractivity contribution < 1.29 is 10.2 Å². The number of hydrogen-bond donors (Lipinski definition) is 2. The van der Waals surface area contributed by atoms with Crippen LogP contribution in [0.1, 0.15) is 36.5 Å². The minimum Gasteiger partial charge on any atom is -0.508 e. The Labute approximate surface area is 146 Å². The van der Waals surface area contributed by atoms with Crippen LogP contribution in [0.2, 0.25) is 0 Å². The maximum Gasteiger partial charge on any atom is 0.135 e. The number of rotatable bonds is 4. The van der Waals surface area contributed by atoms with Crippen molar-refractivity contribution in [2.75, 3.05) is 0 Å². The van der Waals surface area contributed by atoms with Crippen LogP contribution in [0.4, 0.5) is 0 Å². The number of hydrogen-bond acceptors (Lipinski definition) is 2. The first kappa shape index (κ1) is 15.6. The fraction of sp³-hybridized carbons (Fsp3) is 0.238. The summed E-state index contributed by atoms with van der Waals surface area (Å²) < 4.78 is 3.99. The highest BCUT2D eigenvalue weighted by molar-refractivity contribution is 5.57. The van der Waals surface area contributed by atoms with Crippen molar-refractivity contribution in [2.45, 2.75) is 32.6 Å². The lowest BCUT2D eigenvalue weighted by Crippen LogP contribution is -1.94. The van der Waals surface area contributed by atoms with Crippen molar-refractivity contribution in [3.63, 3.8) is 0 Å². The van der Waals surface area contributed by atoms with E-state index in [1.165, 1.54) is 5.56 Å². The molecule has 4 nitrogen and oxygen atoms in total. The lowest BCUT2D eigenvalue weighted by Gasteiger charge is -2.08. The number of aromatic hydroxyl groups is 2. The van der Waals surface area contributed by atoms with Gasteiger partial charge >= 0.3 is 0 Å². The van der Waals surface area contributed by atoms with Gasteiger partial charge in [0.15, 0.2) is 0 Å². The van der Waals surface area contributed by atoms with Gasteiger partial charge in [-0.15, -0.1) is 0 Å². The molecule has 0 aromatic carbocycles. The van der Waals surface area contributed by atoms with Crippen LogP contribution >= 0.6 is 0 Å². The Hall–Kier alpha value is -2.88. The Morgan fingerprint density at radius 3 is 2.52 bits per heavy atom.